The van der Waals surface area contributed by atoms with Crippen molar-refractivity contribution in [2.45, 2.75) is 24.2 Å². The number of phenolic OH excluding ortho intramolecular Hbond substituents is 2. The van der Waals surface area contributed by atoms with Crippen LogP contribution >= 0.6 is 18.2 Å². The molecule has 0 aliphatic carbocycles. The van der Waals surface area contributed by atoms with Crippen molar-refractivity contribution in [3.63, 3.8) is 0 Å². The Morgan fingerprint density at radius 2 is 1.75 bits per heavy atom. The highest BCUT2D eigenvalue weighted by Gasteiger charge is 2.28. The largest absolute Gasteiger partial charge is 0.508 e. The summed E-state index contributed by atoms with van der Waals surface area (Å²) in [4.78, 5) is 31.3. The number of carbonyl (C=O) groups excluding carboxylic acids is 1. The molecule has 128 valence electrons. The molecule has 0 amide bonds. The zero-order chi connectivity index (χ0) is 17.9. The molecular formula is C16H17O6PS. The summed E-state index contributed by atoms with van der Waals surface area (Å²) in [6, 6.07) is 10.3. The quantitative estimate of drug-likeness (QED) is 0.454. The highest BCUT2D eigenvalue weighted by atomic mass is 32.7. The second kappa shape index (κ2) is 7.40. The van der Waals surface area contributed by atoms with Crippen molar-refractivity contribution in [2.24, 2.45) is 0 Å². The summed E-state index contributed by atoms with van der Waals surface area (Å²) in [6.45, 7) is -2.67. The lowest BCUT2D eigenvalue weighted by atomic mass is 9.88. The van der Waals surface area contributed by atoms with Gasteiger partial charge < -0.3 is 20.0 Å². The van der Waals surface area contributed by atoms with Crippen LogP contribution < -0.4 is 0 Å². The maximum atomic E-state index is 12.9. The first kappa shape index (κ1) is 18.5. The van der Waals surface area contributed by atoms with Gasteiger partial charge in [0.1, 0.15) is 11.5 Å². The molecule has 0 saturated heterocycles. The summed E-state index contributed by atoms with van der Waals surface area (Å²) >= 11 is 0.241. The molecule has 0 spiro atoms. The Balaban J connectivity index is 2.47. The minimum atomic E-state index is -4.47. The number of hydrogen-bond donors (Lipinski definition) is 4. The highest BCUT2D eigenvalue weighted by molar-refractivity contribution is 8.54. The number of aromatic hydroxyl groups is 2. The van der Waals surface area contributed by atoms with Gasteiger partial charge in [0.25, 0.3) is 0 Å². The Morgan fingerprint density at radius 3 is 2.29 bits per heavy atom. The molecule has 0 aliphatic heterocycles. The SMILES string of the molecule is CCC(C(=O)c1c(O)cccc1SP(=O)(O)O)c1ccc(O)cc1. The number of carbonyl (C=O) groups is 1. The minimum Gasteiger partial charge on any atom is -0.508 e. The molecule has 0 aromatic heterocycles. The fourth-order valence-corrected chi connectivity index (χ4v) is 4.34. The third-order valence-corrected chi connectivity index (χ3v) is 5.57. The highest BCUT2D eigenvalue weighted by Crippen LogP contribution is 2.56. The van der Waals surface area contributed by atoms with Crippen LogP contribution in [0.5, 0.6) is 11.5 Å². The van der Waals surface area contributed by atoms with Crippen LogP contribution in [-0.2, 0) is 4.57 Å². The van der Waals surface area contributed by atoms with Crippen molar-refractivity contribution in [1.82, 2.24) is 0 Å². The van der Waals surface area contributed by atoms with Gasteiger partial charge in [-0.25, -0.2) is 4.57 Å². The van der Waals surface area contributed by atoms with E-state index < -0.39 is 18.5 Å². The molecule has 0 heterocycles. The van der Waals surface area contributed by atoms with E-state index in [4.69, 9.17) is 9.79 Å². The standard InChI is InChI=1S/C16H17O6PS/c1-2-12(10-6-8-11(17)9-7-10)16(19)15-13(18)4-3-5-14(15)24-23(20,21)22/h3-9,12,17-18H,2H2,1H3,(H2,20,21,22). The third kappa shape index (κ3) is 4.39. The topological polar surface area (TPSA) is 115 Å². The lowest BCUT2D eigenvalue weighted by molar-refractivity contribution is 0.0951. The van der Waals surface area contributed by atoms with Crippen LogP contribution in [0.3, 0.4) is 0 Å². The van der Waals surface area contributed by atoms with E-state index in [9.17, 15) is 19.6 Å². The molecule has 1 atom stereocenters. The molecule has 2 aromatic carbocycles. The smallest absolute Gasteiger partial charge is 0.388 e. The van der Waals surface area contributed by atoms with E-state index in [-0.39, 0.29) is 33.3 Å². The summed E-state index contributed by atoms with van der Waals surface area (Å²) in [6.07, 6.45) is 0.429. The van der Waals surface area contributed by atoms with Crippen molar-refractivity contribution >= 4 is 24.0 Å². The monoisotopic (exact) mass is 368 g/mol. The van der Waals surface area contributed by atoms with Crippen LogP contribution in [0.25, 0.3) is 0 Å². The second-order valence-electron chi connectivity index (χ2n) is 5.15. The molecule has 0 aliphatic rings. The molecule has 6 nitrogen and oxygen atoms in total. The molecule has 0 fully saturated rings. The zero-order valence-electron chi connectivity index (χ0n) is 12.8. The van der Waals surface area contributed by atoms with Crippen LogP contribution in [0, 0.1) is 0 Å². The molecule has 1 unspecified atom stereocenters. The fourth-order valence-electron chi connectivity index (χ4n) is 2.42. The van der Waals surface area contributed by atoms with Gasteiger partial charge in [-0.05, 0) is 47.6 Å². The lowest BCUT2D eigenvalue weighted by Gasteiger charge is -2.17. The Kier molecular flexibility index (Phi) is 5.72. The average Bonchev–Trinajstić information content (AvgIpc) is 2.48. The lowest BCUT2D eigenvalue weighted by Crippen LogP contribution is -2.13. The van der Waals surface area contributed by atoms with Crippen LogP contribution in [0.2, 0.25) is 0 Å². The van der Waals surface area contributed by atoms with Crippen molar-refractivity contribution in [3.05, 3.63) is 53.6 Å². The third-order valence-electron chi connectivity index (χ3n) is 3.49. The van der Waals surface area contributed by atoms with Crippen molar-refractivity contribution < 1.29 is 29.4 Å². The Hall–Kier alpha value is -1.79. The van der Waals surface area contributed by atoms with Gasteiger partial charge >= 0.3 is 6.80 Å². The van der Waals surface area contributed by atoms with Gasteiger partial charge in [0.2, 0.25) is 0 Å². The summed E-state index contributed by atoms with van der Waals surface area (Å²) in [5.41, 5.74) is 0.543. The molecule has 2 aromatic rings. The molecule has 4 N–H and O–H groups in total. The van der Waals surface area contributed by atoms with Crippen LogP contribution in [0.4, 0.5) is 0 Å². The number of hydrogen-bond acceptors (Lipinski definition) is 5. The van der Waals surface area contributed by atoms with E-state index in [1.54, 1.807) is 19.1 Å². The van der Waals surface area contributed by atoms with E-state index >= 15 is 0 Å². The van der Waals surface area contributed by atoms with E-state index in [1.165, 1.54) is 30.3 Å². The van der Waals surface area contributed by atoms with Gasteiger partial charge in [0, 0.05) is 10.8 Å². The summed E-state index contributed by atoms with van der Waals surface area (Å²) in [5, 5.41) is 19.4. The maximum absolute atomic E-state index is 12.9. The molecule has 0 saturated carbocycles. The molecule has 8 heteroatoms. The predicted molar refractivity (Wildman–Crippen MR) is 91.5 cm³/mol. The number of Topliss-reactive ketones (excluding diaryl/α,β-unsaturated/α-hetero) is 1. The first-order valence-corrected chi connectivity index (χ1v) is 10.2. The number of phenols is 2. The normalized spacial score (nSPS) is 12.8. The first-order chi connectivity index (χ1) is 11.2. The van der Waals surface area contributed by atoms with Gasteiger partial charge in [-0.1, -0.05) is 25.1 Å². The van der Waals surface area contributed by atoms with E-state index in [1.807, 2.05) is 0 Å². The zero-order valence-corrected chi connectivity index (χ0v) is 14.5. The van der Waals surface area contributed by atoms with E-state index in [0.717, 1.165) is 0 Å². The fraction of sp³-hybridized carbons (Fsp3) is 0.188. The molecular weight excluding hydrogens is 351 g/mol. The van der Waals surface area contributed by atoms with Crippen LogP contribution in [0.1, 0.15) is 35.2 Å². The van der Waals surface area contributed by atoms with E-state index in [2.05, 4.69) is 0 Å². The molecule has 0 radical (unpaired) electrons. The number of rotatable bonds is 6. The van der Waals surface area contributed by atoms with Gasteiger partial charge in [-0.3, -0.25) is 4.79 Å². The van der Waals surface area contributed by atoms with Crippen molar-refractivity contribution in [1.29, 1.82) is 0 Å². The van der Waals surface area contributed by atoms with E-state index in [0.29, 0.717) is 12.0 Å². The Labute approximate surface area is 143 Å². The number of benzene rings is 2. The molecule has 2 rings (SSSR count). The van der Waals surface area contributed by atoms with Crippen molar-refractivity contribution in [3.8, 4) is 11.5 Å². The average molecular weight is 368 g/mol. The Bertz CT molecular complexity index is 784. The maximum Gasteiger partial charge on any atom is 0.388 e. The van der Waals surface area contributed by atoms with Gasteiger partial charge in [0.15, 0.2) is 5.78 Å². The minimum absolute atomic E-state index is 0.0329. The van der Waals surface area contributed by atoms with Gasteiger partial charge in [-0.2, -0.15) is 0 Å². The molecule has 24 heavy (non-hydrogen) atoms. The summed E-state index contributed by atoms with van der Waals surface area (Å²) in [5.74, 6) is -1.29. The van der Waals surface area contributed by atoms with Gasteiger partial charge in [-0.15, -0.1) is 0 Å². The first-order valence-electron chi connectivity index (χ1n) is 7.13. The van der Waals surface area contributed by atoms with Crippen molar-refractivity contribution in [2.75, 3.05) is 0 Å². The second-order valence-corrected chi connectivity index (χ2v) is 8.73. The predicted octanol–water partition coefficient (Wildman–Crippen LogP) is 3.66. The Morgan fingerprint density at radius 1 is 1.12 bits per heavy atom. The van der Waals surface area contributed by atoms with Gasteiger partial charge in [0.05, 0.1) is 5.56 Å². The molecule has 0 bridgehead atoms. The summed E-state index contributed by atoms with van der Waals surface area (Å²) in [7, 11) is 0. The number of ketones is 1. The summed E-state index contributed by atoms with van der Waals surface area (Å²) < 4.78 is 11.3. The van der Waals surface area contributed by atoms with Crippen LogP contribution in [-0.4, -0.2) is 25.8 Å². The van der Waals surface area contributed by atoms with Crippen LogP contribution in [0.15, 0.2) is 47.4 Å².